The van der Waals surface area contributed by atoms with Gasteiger partial charge in [0, 0.05) is 16.9 Å². The summed E-state index contributed by atoms with van der Waals surface area (Å²) < 4.78 is 0. The highest BCUT2D eigenvalue weighted by molar-refractivity contribution is 6.19. The lowest BCUT2D eigenvalue weighted by atomic mass is 9.92. The highest BCUT2D eigenvalue weighted by Crippen LogP contribution is 2.43. The Labute approximate surface area is 309 Å². The molecule has 0 spiro atoms. The van der Waals surface area contributed by atoms with E-state index in [9.17, 15) is 0 Å². The molecule has 10 aromatic carbocycles. The molecule has 53 heavy (non-hydrogen) atoms. The zero-order valence-corrected chi connectivity index (χ0v) is 29.2. The van der Waals surface area contributed by atoms with E-state index in [0.29, 0.717) is 0 Å². The number of anilines is 3. The van der Waals surface area contributed by atoms with Crippen molar-refractivity contribution in [2.45, 2.75) is 0 Å². The molecule has 0 amide bonds. The summed E-state index contributed by atoms with van der Waals surface area (Å²) in [6.07, 6.45) is 0. The van der Waals surface area contributed by atoms with E-state index in [2.05, 4.69) is 217 Å². The van der Waals surface area contributed by atoms with E-state index in [1.165, 1.54) is 76.5 Å². The zero-order chi connectivity index (χ0) is 35.1. The number of rotatable bonds is 6. The fourth-order valence-electron chi connectivity index (χ4n) is 8.03. The molecule has 0 unspecified atom stereocenters. The normalized spacial score (nSPS) is 11.4. The van der Waals surface area contributed by atoms with Gasteiger partial charge in [0.05, 0.1) is 5.69 Å². The average molecular weight is 674 g/mol. The van der Waals surface area contributed by atoms with E-state index in [0.717, 1.165) is 17.1 Å². The van der Waals surface area contributed by atoms with Crippen molar-refractivity contribution < 1.29 is 0 Å². The minimum absolute atomic E-state index is 1.10. The Morgan fingerprint density at radius 1 is 0.245 bits per heavy atom. The Balaban J connectivity index is 1.08. The number of para-hydroxylation sites is 1. The summed E-state index contributed by atoms with van der Waals surface area (Å²) in [5, 5.41) is 10.2. The van der Waals surface area contributed by atoms with Gasteiger partial charge >= 0.3 is 0 Å². The van der Waals surface area contributed by atoms with Gasteiger partial charge in [0.1, 0.15) is 0 Å². The second-order valence-corrected chi connectivity index (χ2v) is 13.7. The largest absolute Gasteiger partial charge is 0.310 e. The molecule has 1 heteroatoms. The molecule has 0 saturated carbocycles. The van der Waals surface area contributed by atoms with Gasteiger partial charge in [-0.05, 0) is 107 Å². The lowest BCUT2D eigenvalue weighted by molar-refractivity contribution is 1.28. The maximum Gasteiger partial charge on any atom is 0.0540 e. The minimum Gasteiger partial charge on any atom is -0.310 e. The molecule has 0 atom stereocenters. The molecular formula is C52H35N. The Hall–Kier alpha value is -6.96. The molecule has 0 fully saturated rings. The SMILES string of the molecule is c1ccc(-c2ccccc2N(c2ccc(-c3ccc4ccccc4c3)cc2)c2ccc(-c3cccc4c3ccc3c5ccccc5ccc43)cc2)cc1. The van der Waals surface area contributed by atoms with Crippen molar-refractivity contribution in [2.75, 3.05) is 4.90 Å². The van der Waals surface area contributed by atoms with E-state index < -0.39 is 0 Å². The number of benzene rings is 10. The molecule has 0 aliphatic carbocycles. The van der Waals surface area contributed by atoms with E-state index in [4.69, 9.17) is 0 Å². The first kappa shape index (κ1) is 30.8. The van der Waals surface area contributed by atoms with Crippen LogP contribution in [0.3, 0.4) is 0 Å². The number of hydrogen-bond acceptors (Lipinski definition) is 1. The molecular weight excluding hydrogens is 639 g/mol. The van der Waals surface area contributed by atoms with Gasteiger partial charge in [-0.3, -0.25) is 0 Å². The first-order valence-electron chi connectivity index (χ1n) is 18.3. The van der Waals surface area contributed by atoms with Gasteiger partial charge in [-0.1, -0.05) is 176 Å². The average Bonchev–Trinajstić information content (AvgIpc) is 3.24. The van der Waals surface area contributed by atoms with E-state index >= 15 is 0 Å². The van der Waals surface area contributed by atoms with Gasteiger partial charge in [0.2, 0.25) is 0 Å². The lowest BCUT2D eigenvalue weighted by Gasteiger charge is -2.28. The first-order chi connectivity index (χ1) is 26.3. The smallest absolute Gasteiger partial charge is 0.0540 e. The van der Waals surface area contributed by atoms with Crippen LogP contribution >= 0.6 is 0 Å². The van der Waals surface area contributed by atoms with Crippen molar-refractivity contribution in [1.82, 2.24) is 0 Å². The Bertz CT molecular complexity index is 2920. The Morgan fingerprint density at radius 2 is 0.755 bits per heavy atom. The predicted octanol–water partition coefficient (Wildman–Crippen LogP) is 14.8. The second-order valence-electron chi connectivity index (χ2n) is 13.7. The summed E-state index contributed by atoms with van der Waals surface area (Å²) in [7, 11) is 0. The quantitative estimate of drug-likeness (QED) is 0.159. The molecule has 10 aromatic rings. The Morgan fingerprint density at radius 3 is 1.57 bits per heavy atom. The van der Waals surface area contributed by atoms with Crippen LogP contribution in [0, 0.1) is 0 Å². The highest BCUT2D eigenvalue weighted by Gasteiger charge is 2.18. The third-order valence-corrected chi connectivity index (χ3v) is 10.7. The van der Waals surface area contributed by atoms with Crippen LogP contribution < -0.4 is 4.90 Å². The van der Waals surface area contributed by atoms with Crippen LogP contribution in [-0.2, 0) is 0 Å². The third-order valence-electron chi connectivity index (χ3n) is 10.7. The Kier molecular flexibility index (Phi) is 7.55. The molecule has 0 aromatic heterocycles. The van der Waals surface area contributed by atoms with E-state index in [1.54, 1.807) is 0 Å². The fraction of sp³-hybridized carbons (Fsp3) is 0. The van der Waals surface area contributed by atoms with Crippen molar-refractivity contribution in [1.29, 1.82) is 0 Å². The molecule has 10 rings (SSSR count). The van der Waals surface area contributed by atoms with Gasteiger partial charge < -0.3 is 4.90 Å². The molecule has 0 radical (unpaired) electrons. The maximum absolute atomic E-state index is 2.39. The molecule has 1 nitrogen and oxygen atoms in total. The fourth-order valence-corrected chi connectivity index (χ4v) is 8.03. The lowest BCUT2D eigenvalue weighted by Crippen LogP contribution is -2.11. The third kappa shape index (κ3) is 5.51. The molecule has 0 heterocycles. The molecule has 248 valence electrons. The number of fused-ring (bicyclic) bond motifs is 6. The molecule has 0 aliphatic rings. The van der Waals surface area contributed by atoms with Crippen LogP contribution in [0.25, 0.3) is 76.5 Å². The second kappa shape index (κ2) is 13.0. The summed E-state index contributed by atoms with van der Waals surface area (Å²) >= 11 is 0. The maximum atomic E-state index is 2.39. The topological polar surface area (TPSA) is 3.24 Å². The molecule has 0 aliphatic heterocycles. The van der Waals surface area contributed by atoms with Crippen LogP contribution in [0.15, 0.2) is 212 Å². The van der Waals surface area contributed by atoms with Crippen LogP contribution in [-0.4, -0.2) is 0 Å². The van der Waals surface area contributed by atoms with Gasteiger partial charge in [0.15, 0.2) is 0 Å². The highest BCUT2D eigenvalue weighted by atomic mass is 15.1. The van der Waals surface area contributed by atoms with Crippen LogP contribution in [0.5, 0.6) is 0 Å². The summed E-state index contributed by atoms with van der Waals surface area (Å²) in [6.45, 7) is 0. The van der Waals surface area contributed by atoms with Gasteiger partial charge in [-0.15, -0.1) is 0 Å². The predicted molar refractivity (Wildman–Crippen MR) is 227 cm³/mol. The van der Waals surface area contributed by atoms with Crippen LogP contribution in [0.4, 0.5) is 17.1 Å². The van der Waals surface area contributed by atoms with E-state index in [1.807, 2.05) is 0 Å². The standard InChI is InChI=1S/C52H35N/c1-2-12-38(13-3-1)47-17-8-9-20-52(47)53(43-28-23-37(24-29-43)42-22-21-36-11-4-5-15-41(36)35-42)44-30-25-40(26-31-44)46-18-10-19-48-49(46)33-34-50-45-16-7-6-14-39(45)27-32-51(48)50/h1-35H. The summed E-state index contributed by atoms with van der Waals surface area (Å²) in [5.74, 6) is 0. The minimum atomic E-state index is 1.10. The van der Waals surface area contributed by atoms with Gasteiger partial charge in [0.25, 0.3) is 0 Å². The van der Waals surface area contributed by atoms with E-state index in [-0.39, 0.29) is 0 Å². The van der Waals surface area contributed by atoms with Gasteiger partial charge in [-0.2, -0.15) is 0 Å². The van der Waals surface area contributed by atoms with Gasteiger partial charge in [-0.25, -0.2) is 0 Å². The van der Waals surface area contributed by atoms with Crippen LogP contribution in [0.2, 0.25) is 0 Å². The monoisotopic (exact) mass is 673 g/mol. The molecule has 0 N–H and O–H groups in total. The summed E-state index contributed by atoms with van der Waals surface area (Å²) in [4.78, 5) is 2.39. The van der Waals surface area contributed by atoms with Crippen molar-refractivity contribution in [3.8, 4) is 33.4 Å². The van der Waals surface area contributed by atoms with Crippen molar-refractivity contribution in [3.63, 3.8) is 0 Å². The summed E-state index contributed by atoms with van der Waals surface area (Å²) in [5.41, 5.74) is 10.6. The van der Waals surface area contributed by atoms with Crippen molar-refractivity contribution >= 4 is 60.2 Å². The van der Waals surface area contributed by atoms with Crippen LogP contribution in [0.1, 0.15) is 0 Å². The first-order valence-corrected chi connectivity index (χ1v) is 18.3. The zero-order valence-electron chi connectivity index (χ0n) is 29.2. The number of nitrogens with zero attached hydrogens (tertiary/aromatic N) is 1. The summed E-state index contributed by atoms with van der Waals surface area (Å²) in [6, 6.07) is 77.2. The van der Waals surface area contributed by atoms with Crippen molar-refractivity contribution in [2.24, 2.45) is 0 Å². The molecule has 0 bridgehead atoms. The number of hydrogen-bond donors (Lipinski definition) is 0. The van der Waals surface area contributed by atoms with Crippen molar-refractivity contribution in [3.05, 3.63) is 212 Å². The molecule has 0 saturated heterocycles.